The van der Waals surface area contributed by atoms with E-state index in [1.807, 2.05) is 0 Å². The Labute approximate surface area is 127 Å². The van der Waals surface area contributed by atoms with Crippen LogP contribution in [0.3, 0.4) is 0 Å². The molecule has 0 aliphatic heterocycles. The quantitative estimate of drug-likeness (QED) is 0.658. The highest BCUT2D eigenvalue weighted by molar-refractivity contribution is 7.89. The minimum atomic E-state index is -0.823. The molecule has 2 nitrogen and oxygen atoms in total. The van der Waals surface area contributed by atoms with Crippen LogP contribution in [0.1, 0.15) is 58.8 Å². The molecular weight excluding hydrogens is 266 g/mol. The molecule has 0 saturated carbocycles. The van der Waals surface area contributed by atoms with E-state index in [9.17, 15) is 4.21 Å². The number of rotatable bonds is 10. The first-order valence-corrected chi connectivity index (χ1v) is 9.49. The van der Waals surface area contributed by atoms with Crippen molar-refractivity contribution in [1.29, 1.82) is 0 Å². The standard InChI is InChI=1S/C17H31NOS/c1-3-7-16(8-4-2)14-20(19)17-11-5-9-15(13-17)10-6-12-18/h5,11,13,15-16H,3-4,6-10,12,14,18H2,1-2H3. The summed E-state index contributed by atoms with van der Waals surface area (Å²) in [6.45, 7) is 5.18. The number of hydrogen-bond donors (Lipinski definition) is 1. The zero-order chi connectivity index (χ0) is 14.8. The molecular formula is C17H31NOS. The summed E-state index contributed by atoms with van der Waals surface area (Å²) in [7, 11) is -0.823. The molecule has 0 aromatic heterocycles. The highest BCUT2D eigenvalue weighted by Crippen LogP contribution is 2.25. The van der Waals surface area contributed by atoms with Gasteiger partial charge in [0.05, 0.1) is 10.8 Å². The van der Waals surface area contributed by atoms with Crippen molar-refractivity contribution in [2.75, 3.05) is 12.3 Å². The van der Waals surface area contributed by atoms with E-state index < -0.39 is 10.8 Å². The molecule has 1 aliphatic carbocycles. The summed E-state index contributed by atoms with van der Waals surface area (Å²) < 4.78 is 12.5. The van der Waals surface area contributed by atoms with Crippen LogP contribution in [0, 0.1) is 11.8 Å². The summed E-state index contributed by atoms with van der Waals surface area (Å²) >= 11 is 0. The molecule has 1 aliphatic rings. The van der Waals surface area contributed by atoms with Crippen LogP contribution in [0.4, 0.5) is 0 Å². The van der Waals surface area contributed by atoms with E-state index in [4.69, 9.17) is 5.73 Å². The van der Waals surface area contributed by atoms with Gasteiger partial charge in [0, 0.05) is 10.7 Å². The van der Waals surface area contributed by atoms with Crippen molar-refractivity contribution in [2.45, 2.75) is 58.8 Å². The van der Waals surface area contributed by atoms with Crippen molar-refractivity contribution in [2.24, 2.45) is 17.6 Å². The lowest BCUT2D eigenvalue weighted by atomic mass is 9.96. The largest absolute Gasteiger partial charge is 0.330 e. The molecule has 2 unspecified atom stereocenters. The number of nitrogens with two attached hydrogens (primary N) is 1. The Balaban J connectivity index is 2.55. The van der Waals surface area contributed by atoms with Gasteiger partial charge in [-0.05, 0) is 50.5 Å². The first-order valence-electron chi connectivity index (χ1n) is 8.18. The number of hydrogen-bond acceptors (Lipinski definition) is 2. The molecule has 0 aromatic rings. The molecule has 3 heteroatoms. The Morgan fingerprint density at radius 1 is 1.35 bits per heavy atom. The molecule has 0 heterocycles. The second-order valence-electron chi connectivity index (χ2n) is 5.85. The molecule has 2 atom stereocenters. The third-order valence-corrected chi connectivity index (χ3v) is 5.52. The van der Waals surface area contributed by atoms with Crippen molar-refractivity contribution in [3.05, 3.63) is 23.1 Å². The van der Waals surface area contributed by atoms with Gasteiger partial charge in [0.2, 0.25) is 0 Å². The SMILES string of the molecule is CCCC(CCC)CS(=O)C1=CC(CCCN)CC=C1. The van der Waals surface area contributed by atoms with E-state index in [2.05, 4.69) is 32.1 Å². The van der Waals surface area contributed by atoms with Gasteiger partial charge in [-0.15, -0.1) is 0 Å². The van der Waals surface area contributed by atoms with Crippen LogP contribution >= 0.6 is 0 Å². The van der Waals surface area contributed by atoms with Crippen molar-refractivity contribution >= 4 is 10.8 Å². The van der Waals surface area contributed by atoms with Gasteiger partial charge in [-0.1, -0.05) is 44.9 Å². The van der Waals surface area contributed by atoms with Gasteiger partial charge < -0.3 is 5.73 Å². The topological polar surface area (TPSA) is 43.1 Å². The minimum absolute atomic E-state index is 0.540. The molecule has 116 valence electrons. The molecule has 0 radical (unpaired) electrons. The van der Waals surface area contributed by atoms with Crippen molar-refractivity contribution in [1.82, 2.24) is 0 Å². The lowest BCUT2D eigenvalue weighted by molar-refractivity contribution is 0.484. The van der Waals surface area contributed by atoms with Gasteiger partial charge in [0.15, 0.2) is 0 Å². The first-order chi connectivity index (χ1) is 9.71. The fourth-order valence-corrected chi connectivity index (χ4v) is 4.43. The van der Waals surface area contributed by atoms with Crippen LogP contribution < -0.4 is 5.73 Å². The average Bonchev–Trinajstić information content (AvgIpc) is 2.46. The molecule has 0 bridgehead atoms. The average molecular weight is 298 g/mol. The lowest BCUT2D eigenvalue weighted by Crippen LogP contribution is -2.14. The molecule has 0 aromatic carbocycles. The monoisotopic (exact) mass is 297 g/mol. The van der Waals surface area contributed by atoms with Gasteiger partial charge >= 0.3 is 0 Å². The van der Waals surface area contributed by atoms with Gasteiger partial charge in [0.1, 0.15) is 0 Å². The van der Waals surface area contributed by atoms with Crippen LogP contribution in [0.2, 0.25) is 0 Å². The summed E-state index contributed by atoms with van der Waals surface area (Å²) in [5, 5.41) is 0. The summed E-state index contributed by atoms with van der Waals surface area (Å²) in [4.78, 5) is 1.05. The van der Waals surface area contributed by atoms with Crippen molar-refractivity contribution in [3.63, 3.8) is 0 Å². The predicted octanol–water partition coefficient (Wildman–Crippen LogP) is 4.15. The molecule has 0 fully saturated rings. The summed E-state index contributed by atoms with van der Waals surface area (Å²) in [6.07, 6.45) is 14.5. The highest BCUT2D eigenvalue weighted by atomic mass is 32.2. The second kappa shape index (κ2) is 10.3. The summed E-state index contributed by atoms with van der Waals surface area (Å²) in [5.74, 6) is 1.99. The van der Waals surface area contributed by atoms with Crippen LogP contribution in [0.25, 0.3) is 0 Å². The molecule has 2 N–H and O–H groups in total. The van der Waals surface area contributed by atoms with Crippen molar-refractivity contribution in [3.8, 4) is 0 Å². The van der Waals surface area contributed by atoms with Gasteiger partial charge in [0.25, 0.3) is 0 Å². The van der Waals surface area contributed by atoms with Gasteiger partial charge in [-0.2, -0.15) is 0 Å². The molecule has 0 amide bonds. The minimum Gasteiger partial charge on any atom is -0.330 e. The van der Waals surface area contributed by atoms with E-state index in [1.165, 1.54) is 25.7 Å². The lowest BCUT2D eigenvalue weighted by Gasteiger charge is -2.19. The molecule has 20 heavy (non-hydrogen) atoms. The normalized spacial score (nSPS) is 20.2. The van der Waals surface area contributed by atoms with E-state index in [1.54, 1.807) is 0 Å². The fraction of sp³-hybridized carbons (Fsp3) is 0.765. The van der Waals surface area contributed by atoms with E-state index in [0.717, 1.165) is 36.5 Å². The maximum absolute atomic E-state index is 12.5. The molecule has 1 rings (SSSR count). The Bertz CT molecular complexity index is 343. The Hall–Kier alpha value is -0.410. The van der Waals surface area contributed by atoms with E-state index in [-0.39, 0.29) is 0 Å². The molecule has 0 saturated heterocycles. The van der Waals surface area contributed by atoms with Crippen LogP contribution in [0.15, 0.2) is 23.1 Å². The van der Waals surface area contributed by atoms with Crippen molar-refractivity contribution < 1.29 is 4.21 Å². The van der Waals surface area contributed by atoms with Crippen LogP contribution in [0.5, 0.6) is 0 Å². The Kier molecular flexibility index (Phi) is 9.12. The summed E-state index contributed by atoms with van der Waals surface area (Å²) in [6, 6.07) is 0. The fourth-order valence-electron chi connectivity index (χ4n) is 2.89. The third-order valence-electron chi connectivity index (χ3n) is 3.94. The zero-order valence-corrected chi connectivity index (χ0v) is 14.0. The van der Waals surface area contributed by atoms with E-state index in [0.29, 0.717) is 11.8 Å². The number of allylic oxidation sites excluding steroid dienone is 3. The maximum atomic E-state index is 12.5. The summed E-state index contributed by atoms with van der Waals surface area (Å²) in [5.41, 5.74) is 5.57. The molecule has 0 spiro atoms. The Morgan fingerprint density at radius 3 is 2.65 bits per heavy atom. The first kappa shape index (κ1) is 17.6. The maximum Gasteiger partial charge on any atom is 0.0529 e. The zero-order valence-electron chi connectivity index (χ0n) is 13.1. The third kappa shape index (κ3) is 6.36. The Morgan fingerprint density at radius 2 is 2.05 bits per heavy atom. The van der Waals surface area contributed by atoms with E-state index >= 15 is 0 Å². The van der Waals surface area contributed by atoms with Gasteiger partial charge in [-0.3, -0.25) is 4.21 Å². The smallest absolute Gasteiger partial charge is 0.0529 e. The predicted molar refractivity (Wildman–Crippen MR) is 89.9 cm³/mol. The second-order valence-corrected chi connectivity index (χ2v) is 7.35. The van der Waals surface area contributed by atoms with Gasteiger partial charge in [-0.25, -0.2) is 0 Å². The highest BCUT2D eigenvalue weighted by Gasteiger charge is 2.17. The van der Waals surface area contributed by atoms with Crippen LogP contribution in [-0.2, 0) is 10.8 Å². The van der Waals surface area contributed by atoms with Crippen LogP contribution in [-0.4, -0.2) is 16.5 Å².